The number of nitrogens with one attached hydrogen (secondary N) is 1. The van der Waals surface area contributed by atoms with Gasteiger partial charge in [-0.15, -0.1) is 0 Å². The number of carbonyl (C=O) groups excluding carboxylic acids is 1. The maximum absolute atomic E-state index is 13.2. The minimum absolute atomic E-state index is 0.0175. The molecule has 1 N–H and O–H groups in total. The number of nitrogens with zero attached hydrogens (tertiary/aromatic N) is 3. The number of hydrazine groups is 1. The lowest BCUT2D eigenvalue weighted by Crippen LogP contribution is -2.41. The van der Waals surface area contributed by atoms with E-state index in [2.05, 4.69) is 16.5 Å². The van der Waals surface area contributed by atoms with Gasteiger partial charge in [-0.2, -0.15) is 0 Å². The number of carbonyl (C=O) groups is 1. The summed E-state index contributed by atoms with van der Waals surface area (Å²) in [6.45, 7) is 0. The van der Waals surface area contributed by atoms with Gasteiger partial charge in [-0.05, 0) is 60.8 Å². The van der Waals surface area contributed by atoms with E-state index in [0.29, 0.717) is 0 Å². The summed E-state index contributed by atoms with van der Waals surface area (Å²) in [6, 6.07) is 7.36. The zero-order chi connectivity index (χ0) is 20.5. The van der Waals surface area contributed by atoms with Gasteiger partial charge in [-0.25, -0.2) is 9.99 Å². The molecular weight excluding hydrogens is 400 g/mol. The summed E-state index contributed by atoms with van der Waals surface area (Å²) >= 11 is 1.43. The van der Waals surface area contributed by atoms with Gasteiger partial charge in [0.2, 0.25) is 0 Å². The van der Waals surface area contributed by atoms with Crippen LogP contribution in [0.3, 0.4) is 0 Å². The molecule has 0 saturated heterocycles. The van der Waals surface area contributed by atoms with Gasteiger partial charge < -0.3 is 13.4 Å². The van der Waals surface area contributed by atoms with Crippen LogP contribution in [-0.4, -0.2) is 26.2 Å². The molecule has 0 bridgehead atoms. The predicted molar refractivity (Wildman–Crippen MR) is 113 cm³/mol. The van der Waals surface area contributed by atoms with Gasteiger partial charge in [0.1, 0.15) is 17.6 Å². The summed E-state index contributed by atoms with van der Waals surface area (Å²) in [5.41, 5.74) is 6.73. The number of thioether (sulfide) groups is 1. The molecule has 8 heteroatoms. The molecule has 0 unspecified atom stereocenters. The molecule has 7 nitrogen and oxygen atoms in total. The monoisotopic (exact) mass is 422 g/mol. The Morgan fingerprint density at radius 2 is 2.17 bits per heavy atom. The van der Waals surface area contributed by atoms with E-state index in [1.165, 1.54) is 17.3 Å². The van der Waals surface area contributed by atoms with Crippen molar-refractivity contribution in [3.05, 3.63) is 77.5 Å². The third kappa shape index (κ3) is 3.47. The Hall–Kier alpha value is -3.13. The van der Waals surface area contributed by atoms with Gasteiger partial charge >= 0.3 is 0 Å². The molecule has 1 aliphatic heterocycles. The summed E-state index contributed by atoms with van der Waals surface area (Å²) in [5.74, 6) is 1.84. The minimum Gasteiger partial charge on any atom is -0.467 e. The predicted octanol–water partition coefficient (Wildman–Crippen LogP) is 4.31. The van der Waals surface area contributed by atoms with E-state index in [0.717, 1.165) is 47.2 Å². The van der Waals surface area contributed by atoms with Crippen LogP contribution in [0.2, 0.25) is 0 Å². The summed E-state index contributed by atoms with van der Waals surface area (Å²) in [4.78, 5) is 17.5. The van der Waals surface area contributed by atoms with E-state index < -0.39 is 0 Å². The number of rotatable bonds is 5. The third-order valence-electron chi connectivity index (χ3n) is 5.40. The number of amides is 1. The lowest BCUT2D eigenvalue weighted by Gasteiger charge is -2.25. The molecule has 0 saturated carbocycles. The number of hydrogen-bond donors (Lipinski definition) is 1. The lowest BCUT2D eigenvalue weighted by molar-refractivity contribution is -0.132. The van der Waals surface area contributed by atoms with Crippen molar-refractivity contribution in [2.24, 2.45) is 7.05 Å². The second-order valence-electron chi connectivity index (χ2n) is 7.34. The normalized spacial score (nSPS) is 20.0. The highest BCUT2D eigenvalue weighted by Gasteiger charge is 2.40. The van der Waals surface area contributed by atoms with E-state index in [1.807, 2.05) is 42.1 Å². The lowest BCUT2D eigenvalue weighted by atomic mass is 9.88. The highest BCUT2D eigenvalue weighted by atomic mass is 32.2. The zero-order valence-corrected chi connectivity index (χ0v) is 17.4. The summed E-state index contributed by atoms with van der Waals surface area (Å²) < 4.78 is 13.1. The number of allylic oxidation sites excluding steroid dienone is 1. The van der Waals surface area contributed by atoms with Crippen molar-refractivity contribution in [3.63, 3.8) is 0 Å². The van der Waals surface area contributed by atoms with Crippen LogP contribution in [0.5, 0.6) is 0 Å². The number of aryl methyl sites for hydroxylation is 1. The molecule has 5 rings (SSSR count). The maximum atomic E-state index is 13.2. The second-order valence-corrected chi connectivity index (χ2v) is 8.28. The summed E-state index contributed by atoms with van der Waals surface area (Å²) in [5, 5.41) is 2.52. The molecule has 1 amide bonds. The van der Waals surface area contributed by atoms with Crippen LogP contribution in [0.1, 0.15) is 36.8 Å². The van der Waals surface area contributed by atoms with Gasteiger partial charge in [0.15, 0.2) is 5.16 Å². The van der Waals surface area contributed by atoms with Crippen molar-refractivity contribution in [2.75, 3.05) is 5.75 Å². The maximum Gasteiger partial charge on any atom is 0.252 e. The minimum atomic E-state index is -0.246. The second kappa shape index (κ2) is 7.95. The van der Waals surface area contributed by atoms with Crippen molar-refractivity contribution in [2.45, 2.75) is 30.5 Å². The Bertz CT molecular complexity index is 1100. The van der Waals surface area contributed by atoms with E-state index in [4.69, 9.17) is 8.83 Å². The zero-order valence-electron chi connectivity index (χ0n) is 16.6. The highest BCUT2D eigenvalue weighted by molar-refractivity contribution is 7.99. The molecule has 1 aliphatic carbocycles. The standard InChI is InChI=1S/C22H22N4O3S/c1-25-10-9-23-22(25)30-14-19(27)26-21(18-8-4-12-29-18)17-7-2-5-15(20(17)24-26)13-16-6-3-11-28-16/h3-4,6,8-13,21,24H,2,5,7,14H2,1H3/b15-13+/t21-/m1/s1. The van der Waals surface area contributed by atoms with E-state index in [1.54, 1.807) is 23.7 Å². The van der Waals surface area contributed by atoms with Gasteiger partial charge in [0.25, 0.3) is 5.91 Å². The third-order valence-corrected chi connectivity index (χ3v) is 6.44. The fourth-order valence-electron chi connectivity index (χ4n) is 4.01. The fraction of sp³-hybridized carbons (Fsp3) is 0.273. The van der Waals surface area contributed by atoms with Crippen molar-refractivity contribution >= 4 is 23.7 Å². The van der Waals surface area contributed by atoms with Crippen molar-refractivity contribution in [3.8, 4) is 0 Å². The van der Waals surface area contributed by atoms with Crippen LogP contribution in [0.25, 0.3) is 6.08 Å². The first-order chi connectivity index (χ1) is 14.7. The first kappa shape index (κ1) is 18.9. The van der Waals surface area contributed by atoms with Crippen molar-refractivity contribution < 1.29 is 13.6 Å². The smallest absolute Gasteiger partial charge is 0.252 e. The van der Waals surface area contributed by atoms with E-state index in [9.17, 15) is 4.79 Å². The van der Waals surface area contributed by atoms with Gasteiger partial charge in [-0.3, -0.25) is 10.2 Å². The molecule has 1 atom stereocenters. The van der Waals surface area contributed by atoms with Crippen LogP contribution in [0.4, 0.5) is 0 Å². The molecule has 0 radical (unpaired) electrons. The van der Waals surface area contributed by atoms with Gasteiger partial charge in [0, 0.05) is 19.4 Å². The van der Waals surface area contributed by atoms with Gasteiger partial charge in [0.05, 0.1) is 24.0 Å². The molecule has 2 aliphatic rings. The fourth-order valence-corrected chi connectivity index (χ4v) is 4.80. The van der Waals surface area contributed by atoms with Crippen LogP contribution < -0.4 is 5.43 Å². The Balaban J connectivity index is 1.44. The molecular formula is C22H22N4O3S. The highest BCUT2D eigenvalue weighted by Crippen LogP contribution is 2.44. The Morgan fingerprint density at radius 3 is 2.90 bits per heavy atom. The molecule has 0 spiro atoms. The van der Waals surface area contributed by atoms with Crippen molar-refractivity contribution in [1.29, 1.82) is 0 Å². The summed E-state index contributed by atoms with van der Waals surface area (Å²) in [7, 11) is 1.92. The first-order valence-electron chi connectivity index (χ1n) is 9.90. The van der Waals surface area contributed by atoms with Crippen LogP contribution in [0, 0.1) is 0 Å². The topological polar surface area (TPSA) is 76.4 Å². The van der Waals surface area contributed by atoms with Crippen molar-refractivity contribution in [1.82, 2.24) is 20.0 Å². The Labute approximate surface area is 178 Å². The molecule has 0 aromatic carbocycles. The SMILES string of the molecule is Cn1ccnc1SCC(=O)N1NC2=C(CCC/C2=C\c2ccco2)[C@@H]1c1ccco1. The number of aromatic nitrogens is 2. The van der Waals surface area contributed by atoms with Crippen LogP contribution >= 0.6 is 11.8 Å². The molecule has 30 heavy (non-hydrogen) atoms. The largest absolute Gasteiger partial charge is 0.467 e. The average Bonchev–Trinajstić information content (AvgIpc) is 3.53. The first-order valence-corrected chi connectivity index (χ1v) is 10.9. The van der Waals surface area contributed by atoms with Crippen LogP contribution in [0.15, 0.2) is 80.0 Å². The Morgan fingerprint density at radius 1 is 1.30 bits per heavy atom. The quantitative estimate of drug-likeness (QED) is 0.618. The molecule has 3 aromatic rings. The molecule has 0 fully saturated rings. The molecule has 154 valence electrons. The van der Waals surface area contributed by atoms with Crippen LogP contribution in [-0.2, 0) is 11.8 Å². The molecule has 3 aromatic heterocycles. The molecule has 4 heterocycles. The number of furan rings is 2. The van der Waals surface area contributed by atoms with Gasteiger partial charge in [-0.1, -0.05) is 11.8 Å². The number of hydrogen-bond acceptors (Lipinski definition) is 6. The van der Waals surface area contributed by atoms with E-state index in [-0.39, 0.29) is 17.7 Å². The Kier molecular flexibility index (Phi) is 5.00. The summed E-state index contributed by atoms with van der Waals surface area (Å²) in [6.07, 6.45) is 11.9. The van der Waals surface area contributed by atoms with E-state index >= 15 is 0 Å². The average molecular weight is 423 g/mol. The number of imidazole rings is 1.